The van der Waals surface area contributed by atoms with Crippen LogP contribution < -0.4 is 10.6 Å². The number of amides is 2. The third-order valence-electron chi connectivity index (χ3n) is 4.92. The third kappa shape index (κ3) is 4.73. The number of carbonyl (C=O) groups is 2. The summed E-state index contributed by atoms with van der Waals surface area (Å²) in [7, 11) is 2.01. The van der Waals surface area contributed by atoms with E-state index in [1.165, 1.54) is 24.6 Å². The number of rotatable bonds is 6. The van der Waals surface area contributed by atoms with Gasteiger partial charge in [0.05, 0.1) is 11.7 Å². The molecule has 7 heteroatoms. The molecule has 2 aromatic rings. The first-order valence-electron chi connectivity index (χ1n) is 9.17. The Morgan fingerprint density at radius 3 is 2.52 bits per heavy atom. The number of hydrogen-bond acceptors (Lipinski definition) is 4. The average Bonchev–Trinajstić information content (AvgIpc) is 3.35. The van der Waals surface area contributed by atoms with E-state index in [9.17, 15) is 9.59 Å². The summed E-state index contributed by atoms with van der Waals surface area (Å²) in [5.41, 5.74) is 1.80. The standard InChI is InChI=1S/C20H26N4O2S/c1-23-11-7-9-16(23)17(24-12-5-6-13-24)14-21-19(25)20(26)22-15-8-3-4-10-18(15)27-2/h3-4,7-11,17H,5-6,12-14H2,1-2H3,(H,21,25)(H,22,26). The van der Waals surface area contributed by atoms with Crippen molar-refractivity contribution >= 4 is 29.3 Å². The molecule has 1 atom stereocenters. The molecule has 0 radical (unpaired) electrons. The highest BCUT2D eigenvalue weighted by molar-refractivity contribution is 7.98. The zero-order valence-corrected chi connectivity index (χ0v) is 16.6. The molecule has 1 aliphatic rings. The van der Waals surface area contributed by atoms with Crippen LogP contribution in [-0.4, -0.2) is 47.2 Å². The molecular formula is C20H26N4O2S. The van der Waals surface area contributed by atoms with Crippen LogP contribution in [0.3, 0.4) is 0 Å². The monoisotopic (exact) mass is 386 g/mol. The molecule has 144 valence electrons. The SMILES string of the molecule is CSc1ccccc1NC(=O)C(=O)NCC(c1cccn1C)N1CCCC1. The van der Waals surface area contributed by atoms with Crippen LogP contribution in [0, 0.1) is 0 Å². The maximum Gasteiger partial charge on any atom is 0.313 e. The Kier molecular flexibility index (Phi) is 6.58. The molecular weight excluding hydrogens is 360 g/mol. The lowest BCUT2D eigenvalue weighted by Crippen LogP contribution is -2.41. The van der Waals surface area contributed by atoms with Gasteiger partial charge in [0.15, 0.2) is 0 Å². The maximum atomic E-state index is 12.4. The van der Waals surface area contributed by atoms with Gasteiger partial charge in [-0.15, -0.1) is 11.8 Å². The summed E-state index contributed by atoms with van der Waals surface area (Å²) in [6, 6.07) is 11.6. The predicted molar refractivity (Wildman–Crippen MR) is 109 cm³/mol. The Morgan fingerprint density at radius 2 is 1.85 bits per heavy atom. The Morgan fingerprint density at radius 1 is 1.11 bits per heavy atom. The topological polar surface area (TPSA) is 66.4 Å². The van der Waals surface area contributed by atoms with Gasteiger partial charge in [0.2, 0.25) is 0 Å². The average molecular weight is 387 g/mol. The van der Waals surface area contributed by atoms with Gasteiger partial charge in [-0.05, 0) is 56.5 Å². The van der Waals surface area contributed by atoms with Crippen LogP contribution in [-0.2, 0) is 16.6 Å². The Bertz CT molecular complexity index is 799. The van der Waals surface area contributed by atoms with Gasteiger partial charge in [-0.2, -0.15) is 0 Å². The third-order valence-corrected chi connectivity index (χ3v) is 5.72. The van der Waals surface area contributed by atoms with Crippen molar-refractivity contribution in [2.75, 3.05) is 31.2 Å². The Balaban J connectivity index is 1.63. The van der Waals surface area contributed by atoms with Gasteiger partial charge >= 0.3 is 11.8 Å². The summed E-state index contributed by atoms with van der Waals surface area (Å²) >= 11 is 1.53. The Labute approximate surface area is 164 Å². The van der Waals surface area contributed by atoms with Crippen LogP contribution in [0.15, 0.2) is 47.5 Å². The molecule has 1 aromatic heterocycles. The van der Waals surface area contributed by atoms with Crippen LogP contribution in [0.1, 0.15) is 24.6 Å². The summed E-state index contributed by atoms with van der Waals surface area (Å²) in [6.45, 7) is 2.44. The fraction of sp³-hybridized carbons (Fsp3) is 0.400. The van der Waals surface area contributed by atoms with Crippen molar-refractivity contribution in [3.05, 3.63) is 48.3 Å². The first kappa shape index (κ1) is 19.5. The van der Waals surface area contributed by atoms with Gasteiger partial charge < -0.3 is 15.2 Å². The molecule has 1 aromatic carbocycles. The van der Waals surface area contributed by atoms with E-state index in [0.29, 0.717) is 12.2 Å². The largest absolute Gasteiger partial charge is 0.353 e. The van der Waals surface area contributed by atoms with Crippen molar-refractivity contribution in [2.24, 2.45) is 7.05 Å². The van der Waals surface area contributed by atoms with E-state index in [2.05, 4.69) is 26.2 Å². The van der Waals surface area contributed by atoms with E-state index < -0.39 is 11.8 Å². The minimum atomic E-state index is -0.636. The van der Waals surface area contributed by atoms with Crippen molar-refractivity contribution in [3.8, 4) is 0 Å². The molecule has 0 bridgehead atoms. The Hall–Kier alpha value is -2.25. The lowest BCUT2D eigenvalue weighted by molar-refractivity contribution is -0.136. The smallest absolute Gasteiger partial charge is 0.313 e. The van der Waals surface area contributed by atoms with Crippen LogP contribution in [0.4, 0.5) is 5.69 Å². The zero-order chi connectivity index (χ0) is 19.2. The molecule has 2 N–H and O–H groups in total. The van der Waals surface area contributed by atoms with Crippen LogP contribution in [0.25, 0.3) is 0 Å². The van der Waals surface area contributed by atoms with E-state index >= 15 is 0 Å². The quantitative estimate of drug-likeness (QED) is 0.592. The molecule has 6 nitrogen and oxygen atoms in total. The summed E-state index contributed by atoms with van der Waals surface area (Å²) in [5, 5.41) is 5.53. The number of aryl methyl sites for hydroxylation is 1. The molecule has 1 unspecified atom stereocenters. The van der Waals surface area contributed by atoms with Gasteiger partial charge in [-0.1, -0.05) is 12.1 Å². The summed E-state index contributed by atoms with van der Waals surface area (Å²) in [4.78, 5) is 28.0. The number of carbonyl (C=O) groups excluding carboxylic acids is 2. The number of nitrogens with zero attached hydrogens (tertiary/aromatic N) is 2. The molecule has 0 spiro atoms. The number of likely N-dealkylation sites (tertiary alicyclic amines) is 1. The van der Waals surface area contributed by atoms with E-state index in [0.717, 1.165) is 23.7 Å². The van der Waals surface area contributed by atoms with Crippen LogP contribution >= 0.6 is 11.8 Å². The number of anilines is 1. The molecule has 0 aliphatic carbocycles. The normalized spacial score (nSPS) is 15.5. The van der Waals surface area contributed by atoms with Gasteiger partial charge in [0.25, 0.3) is 0 Å². The van der Waals surface area contributed by atoms with E-state index in [-0.39, 0.29) is 6.04 Å². The molecule has 1 fully saturated rings. The lowest BCUT2D eigenvalue weighted by Gasteiger charge is -2.28. The number of benzene rings is 1. The minimum absolute atomic E-state index is 0.0720. The summed E-state index contributed by atoms with van der Waals surface area (Å²) in [6.07, 6.45) is 6.28. The van der Waals surface area contributed by atoms with Crippen molar-refractivity contribution in [3.63, 3.8) is 0 Å². The van der Waals surface area contributed by atoms with Crippen molar-refractivity contribution in [1.29, 1.82) is 0 Å². The summed E-state index contributed by atoms with van der Waals surface area (Å²) < 4.78 is 2.07. The molecule has 1 saturated heterocycles. The second-order valence-electron chi connectivity index (χ2n) is 6.67. The number of para-hydroxylation sites is 1. The first-order valence-corrected chi connectivity index (χ1v) is 10.4. The molecule has 27 heavy (non-hydrogen) atoms. The fourth-order valence-electron chi connectivity index (χ4n) is 3.49. The van der Waals surface area contributed by atoms with Crippen LogP contribution in [0.2, 0.25) is 0 Å². The van der Waals surface area contributed by atoms with Crippen molar-refractivity contribution in [1.82, 2.24) is 14.8 Å². The molecule has 2 amide bonds. The second-order valence-corrected chi connectivity index (χ2v) is 7.52. The zero-order valence-electron chi connectivity index (χ0n) is 15.8. The fourth-order valence-corrected chi connectivity index (χ4v) is 4.04. The highest BCUT2D eigenvalue weighted by Gasteiger charge is 2.26. The first-order chi connectivity index (χ1) is 13.1. The van der Waals surface area contributed by atoms with Crippen LogP contribution in [0.5, 0.6) is 0 Å². The number of thioether (sulfide) groups is 1. The number of hydrogen-bond donors (Lipinski definition) is 2. The number of aromatic nitrogens is 1. The molecule has 2 heterocycles. The van der Waals surface area contributed by atoms with E-state index in [1.807, 2.05) is 43.8 Å². The highest BCUT2D eigenvalue weighted by atomic mass is 32.2. The van der Waals surface area contributed by atoms with Gasteiger partial charge in [-0.3, -0.25) is 14.5 Å². The maximum absolute atomic E-state index is 12.4. The van der Waals surface area contributed by atoms with Crippen molar-refractivity contribution in [2.45, 2.75) is 23.8 Å². The van der Waals surface area contributed by atoms with Crippen molar-refractivity contribution < 1.29 is 9.59 Å². The molecule has 3 rings (SSSR count). The van der Waals surface area contributed by atoms with Gasteiger partial charge in [0.1, 0.15) is 0 Å². The highest BCUT2D eigenvalue weighted by Crippen LogP contribution is 2.25. The molecule has 0 saturated carbocycles. The second kappa shape index (κ2) is 9.10. The lowest BCUT2D eigenvalue weighted by atomic mass is 10.1. The number of nitrogens with one attached hydrogen (secondary N) is 2. The minimum Gasteiger partial charge on any atom is -0.353 e. The van der Waals surface area contributed by atoms with E-state index in [4.69, 9.17) is 0 Å². The summed E-state index contributed by atoms with van der Waals surface area (Å²) in [5.74, 6) is -1.24. The van der Waals surface area contributed by atoms with E-state index in [1.54, 1.807) is 6.07 Å². The predicted octanol–water partition coefficient (Wildman–Crippen LogP) is 2.64. The van der Waals surface area contributed by atoms with Gasteiger partial charge in [0, 0.05) is 30.4 Å². The molecule has 1 aliphatic heterocycles. The van der Waals surface area contributed by atoms with Gasteiger partial charge in [-0.25, -0.2) is 0 Å².